The summed E-state index contributed by atoms with van der Waals surface area (Å²) in [7, 11) is 0. The molecule has 1 saturated heterocycles. The number of alkyl halides is 1. The lowest BCUT2D eigenvalue weighted by Crippen LogP contribution is -2.39. The zero-order valence-corrected chi connectivity index (χ0v) is 14.5. The molecule has 1 aliphatic heterocycles. The van der Waals surface area contributed by atoms with Crippen molar-refractivity contribution >= 4 is 34.7 Å². The Hall–Kier alpha value is -1.96. The van der Waals surface area contributed by atoms with Gasteiger partial charge in [0.05, 0.1) is 18.8 Å². The maximum absolute atomic E-state index is 13.9. The maximum Gasteiger partial charge on any atom is 0.241 e. The van der Waals surface area contributed by atoms with Gasteiger partial charge in [0, 0.05) is 17.2 Å². The Labute approximate surface area is 152 Å². The summed E-state index contributed by atoms with van der Waals surface area (Å²) in [6.45, 7) is 0.583. The summed E-state index contributed by atoms with van der Waals surface area (Å²) >= 11 is 12.1. The fraction of sp³-hybridized carbons (Fsp3) is 0.312. The Morgan fingerprint density at radius 2 is 2.04 bits per heavy atom. The zero-order chi connectivity index (χ0) is 17.4. The number of halogens is 3. The van der Waals surface area contributed by atoms with Gasteiger partial charge in [-0.3, -0.25) is 0 Å². The van der Waals surface area contributed by atoms with E-state index in [4.69, 9.17) is 27.9 Å². The Kier molecular flexibility index (Phi) is 4.45. The number of ether oxygens (including phenoxy) is 1. The number of imidazole rings is 1. The van der Waals surface area contributed by atoms with Crippen molar-refractivity contribution in [2.75, 3.05) is 18.5 Å². The second-order valence-electron chi connectivity index (χ2n) is 5.74. The average Bonchev–Trinajstić information content (AvgIpc) is 2.94. The lowest BCUT2D eigenvalue weighted by Gasteiger charge is -2.26. The van der Waals surface area contributed by atoms with E-state index in [1.807, 2.05) is 12.1 Å². The first kappa shape index (κ1) is 16.5. The van der Waals surface area contributed by atoms with E-state index >= 15 is 0 Å². The standard InChI is InChI=1S/C16H14Cl2FN5O/c17-10-3-1-9(2-4-10)15-22-14(18)13-7-20-16(23-24(13)15)21-12-5-6-25-8-11(12)19/h1-4,7,11-12H,5-6,8H2,(H,21,23)/t11-,12+/m1/s1. The fourth-order valence-corrected chi connectivity index (χ4v) is 3.07. The molecular formula is C16H14Cl2FN5O. The number of nitrogens with zero attached hydrogens (tertiary/aromatic N) is 4. The van der Waals surface area contributed by atoms with Crippen LogP contribution in [-0.4, -0.2) is 45.0 Å². The maximum atomic E-state index is 13.9. The van der Waals surface area contributed by atoms with Gasteiger partial charge in [0.15, 0.2) is 11.0 Å². The molecule has 4 rings (SSSR count). The molecule has 1 N–H and O–H groups in total. The van der Waals surface area contributed by atoms with E-state index in [0.29, 0.717) is 40.5 Å². The third-order valence-corrected chi connectivity index (χ3v) is 4.58. The van der Waals surface area contributed by atoms with E-state index in [1.54, 1.807) is 22.8 Å². The molecule has 3 heterocycles. The molecule has 2 atom stereocenters. The molecule has 1 aliphatic rings. The summed E-state index contributed by atoms with van der Waals surface area (Å²) in [4.78, 5) is 8.57. The summed E-state index contributed by atoms with van der Waals surface area (Å²) in [5.74, 6) is 0.872. The van der Waals surface area contributed by atoms with E-state index < -0.39 is 6.17 Å². The Morgan fingerprint density at radius 3 is 2.80 bits per heavy atom. The van der Waals surface area contributed by atoms with Gasteiger partial charge in [-0.05, 0) is 30.7 Å². The summed E-state index contributed by atoms with van der Waals surface area (Å²) in [6.07, 6.45) is 1.02. The molecule has 0 amide bonds. The van der Waals surface area contributed by atoms with Crippen LogP contribution in [0.3, 0.4) is 0 Å². The van der Waals surface area contributed by atoms with E-state index in [1.165, 1.54) is 0 Å². The van der Waals surface area contributed by atoms with E-state index in [2.05, 4.69) is 20.4 Å². The number of rotatable bonds is 3. The molecule has 0 saturated carbocycles. The Balaban J connectivity index is 1.71. The van der Waals surface area contributed by atoms with Crippen LogP contribution < -0.4 is 5.32 Å². The quantitative estimate of drug-likeness (QED) is 0.750. The van der Waals surface area contributed by atoms with Crippen LogP contribution in [0.1, 0.15) is 6.42 Å². The fourth-order valence-electron chi connectivity index (χ4n) is 2.73. The second-order valence-corrected chi connectivity index (χ2v) is 6.54. The van der Waals surface area contributed by atoms with Crippen molar-refractivity contribution in [1.82, 2.24) is 19.6 Å². The number of hydrogen-bond acceptors (Lipinski definition) is 5. The topological polar surface area (TPSA) is 64.3 Å². The monoisotopic (exact) mass is 381 g/mol. The van der Waals surface area contributed by atoms with E-state index in [9.17, 15) is 4.39 Å². The van der Waals surface area contributed by atoms with Gasteiger partial charge in [-0.15, -0.1) is 5.10 Å². The highest BCUT2D eigenvalue weighted by Crippen LogP contribution is 2.26. The predicted molar refractivity (Wildman–Crippen MR) is 94.0 cm³/mol. The van der Waals surface area contributed by atoms with Crippen LogP contribution >= 0.6 is 23.2 Å². The van der Waals surface area contributed by atoms with Gasteiger partial charge in [0.1, 0.15) is 11.7 Å². The predicted octanol–water partition coefficient (Wildman–Crippen LogP) is 3.64. The SMILES string of the molecule is F[C@@H]1COCC[C@@H]1Nc1ncc2c(Cl)nc(-c3ccc(Cl)cc3)n2n1. The molecule has 25 heavy (non-hydrogen) atoms. The first-order chi connectivity index (χ1) is 12.1. The first-order valence-corrected chi connectivity index (χ1v) is 8.53. The third kappa shape index (κ3) is 3.27. The number of fused-ring (bicyclic) bond motifs is 1. The summed E-state index contributed by atoms with van der Waals surface area (Å²) in [6, 6.07) is 6.81. The van der Waals surface area contributed by atoms with E-state index in [-0.39, 0.29) is 12.6 Å². The Morgan fingerprint density at radius 1 is 1.24 bits per heavy atom. The zero-order valence-electron chi connectivity index (χ0n) is 13.0. The van der Waals surface area contributed by atoms with Crippen molar-refractivity contribution in [3.05, 3.63) is 40.6 Å². The number of aromatic nitrogens is 4. The molecule has 0 unspecified atom stereocenters. The lowest BCUT2D eigenvalue weighted by molar-refractivity contribution is 0.0284. The molecular weight excluding hydrogens is 368 g/mol. The summed E-state index contributed by atoms with van der Waals surface area (Å²) in [5.41, 5.74) is 1.38. The molecule has 0 bridgehead atoms. The molecule has 6 nitrogen and oxygen atoms in total. The van der Waals surface area contributed by atoms with Gasteiger partial charge in [-0.25, -0.2) is 18.9 Å². The average molecular weight is 382 g/mol. The molecule has 0 aliphatic carbocycles. The van der Waals surface area contributed by atoms with Gasteiger partial charge in [0.2, 0.25) is 5.95 Å². The Bertz CT molecular complexity index is 901. The number of hydrogen-bond donors (Lipinski definition) is 1. The van der Waals surface area contributed by atoms with Crippen LogP contribution in [0.25, 0.3) is 16.9 Å². The second kappa shape index (κ2) is 6.74. The van der Waals surface area contributed by atoms with Gasteiger partial charge in [-0.1, -0.05) is 23.2 Å². The number of benzene rings is 1. The first-order valence-electron chi connectivity index (χ1n) is 7.77. The minimum Gasteiger partial charge on any atom is -0.378 e. The van der Waals surface area contributed by atoms with Gasteiger partial charge >= 0.3 is 0 Å². The van der Waals surface area contributed by atoms with Crippen LogP contribution in [0.4, 0.5) is 10.3 Å². The van der Waals surface area contributed by atoms with Crippen LogP contribution in [0.5, 0.6) is 0 Å². The van der Waals surface area contributed by atoms with Crippen LogP contribution in [0.15, 0.2) is 30.5 Å². The molecule has 3 aromatic rings. The van der Waals surface area contributed by atoms with E-state index in [0.717, 1.165) is 5.56 Å². The highest BCUT2D eigenvalue weighted by Gasteiger charge is 2.26. The van der Waals surface area contributed by atoms with Crippen molar-refractivity contribution in [3.63, 3.8) is 0 Å². The molecule has 9 heteroatoms. The summed E-state index contributed by atoms with van der Waals surface area (Å²) in [5, 5.41) is 8.38. The van der Waals surface area contributed by atoms with Crippen molar-refractivity contribution in [3.8, 4) is 11.4 Å². The van der Waals surface area contributed by atoms with Gasteiger partial charge < -0.3 is 10.1 Å². The molecule has 1 fully saturated rings. The third-order valence-electron chi connectivity index (χ3n) is 4.05. The highest BCUT2D eigenvalue weighted by molar-refractivity contribution is 6.33. The lowest BCUT2D eigenvalue weighted by atomic mass is 10.1. The minimum atomic E-state index is -1.10. The smallest absolute Gasteiger partial charge is 0.241 e. The van der Waals surface area contributed by atoms with Gasteiger partial charge in [-0.2, -0.15) is 0 Å². The molecule has 0 radical (unpaired) electrons. The van der Waals surface area contributed by atoms with Crippen molar-refractivity contribution in [2.45, 2.75) is 18.6 Å². The molecule has 2 aromatic heterocycles. The normalized spacial score (nSPS) is 20.8. The van der Waals surface area contributed by atoms with Crippen molar-refractivity contribution in [1.29, 1.82) is 0 Å². The molecule has 1 aromatic carbocycles. The van der Waals surface area contributed by atoms with Crippen molar-refractivity contribution in [2.24, 2.45) is 0 Å². The van der Waals surface area contributed by atoms with Crippen molar-refractivity contribution < 1.29 is 9.13 Å². The molecule has 0 spiro atoms. The number of nitrogens with one attached hydrogen (secondary N) is 1. The van der Waals surface area contributed by atoms with Crippen LogP contribution in [0.2, 0.25) is 10.2 Å². The highest BCUT2D eigenvalue weighted by atomic mass is 35.5. The van der Waals surface area contributed by atoms with Crippen LogP contribution in [-0.2, 0) is 4.74 Å². The molecule has 130 valence electrons. The largest absolute Gasteiger partial charge is 0.378 e. The minimum absolute atomic E-state index is 0.0762. The van der Waals surface area contributed by atoms with Crippen LogP contribution in [0, 0.1) is 0 Å². The summed E-state index contributed by atoms with van der Waals surface area (Å²) < 4.78 is 20.6. The number of anilines is 1. The van der Waals surface area contributed by atoms with Gasteiger partial charge in [0.25, 0.3) is 0 Å².